The number of aromatic amines is 1. The summed E-state index contributed by atoms with van der Waals surface area (Å²) in [5.41, 5.74) is 7.62. The number of aromatic hydroxyl groups is 1. The first-order valence-corrected chi connectivity index (χ1v) is 14.3. The van der Waals surface area contributed by atoms with Crippen molar-refractivity contribution in [3.63, 3.8) is 0 Å². The van der Waals surface area contributed by atoms with Gasteiger partial charge in [-0.2, -0.15) is 0 Å². The highest BCUT2D eigenvalue weighted by atomic mass is 32.1. The molecule has 2 amide bonds. The van der Waals surface area contributed by atoms with Crippen LogP contribution < -0.4 is 10.6 Å². The molecule has 0 spiro atoms. The summed E-state index contributed by atoms with van der Waals surface area (Å²) in [6, 6.07) is 12.8. The molecule has 0 aliphatic carbocycles. The second kappa shape index (κ2) is 11.5. The van der Waals surface area contributed by atoms with Gasteiger partial charge in [-0.05, 0) is 75.0 Å². The van der Waals surface area contributed by atoms with Gasteiger partial charge in [-0.3, -0.25) is 9.59 Å². The van der Waals surface area contributed by atoms with Gasteiger partial charge in [0.15, 0.2) is 0 Å². The minimum atomic E-state index is -0.188. The SMILES string of the molecule is CCN(CC)CCNC(=O)c1c(C)[nH]c(/C=C2\C(=O)Nc3ccc(-c4csc(-c5ccc(O)cc5)n4)cc32)c1C. The van der Waals surface area contributed by atoms with Crippen LogP contribution in [-0.2, 0) is 4.79 Å². The largest absolute Gasteiger partial charge is 0.508 e. The minimum absolute atomic E-state index is 0.116. The molecule has 4 aromatic rings. The Kier molecular flexibility index (Phi) is 7.86. The molecule has 2 aromatic heterocycles. The number of amides is 2. The first-order chi connectivity index (χ1) is 19.3. The van der Waals surface area contributed by atoms with Gasteiger partial charge in [-0.25, -0.2) is 4.98 Å². The number of fused-ring (bicyclic) bond motifs is 1. The minimum Gasteiger partial charge on any atom is -0.508 e. The van der Waals surface area contributed by atoms with Gasteiger partial charge < -0.3 is 25.6 Å². The summed E-state index contributed by atoms with van der Waals surface area (Å²) < 4.78 is 0. The molecule has 0 atom stereocenters. The van der Waals surface area contributed by atoms with Gasteiger partial charge in [-0.15, -0.1) is 11.3 Å². The van der Waals surface area contributed by atoms with Gasteiger partial charge in [0.2, 0.25) is 0 Å². The fraction of sp³-hybridized carbons (Fsp3) is 0.258. The zero-order valence-corrected chi connectivity index (χ0v) is 23.9. The maximum atomic E-state index is 13.0. The molecule has 0 unspecified atom stereocenters. The Balaban J connectivity index is 1.40. The van der Waals surface area contributed by atoms with Crippen LogP contribution in [0.3, 0.4) is 0 Å². The molecule has 0 saturated carbocycles. The van der Waals surface area contributed by atoms with E-state index < -0.39 is 0 Å². The van der Waals surface area contributed by atoms with E-state index in [1.54, 1.807) is 12.1 Å². The molecule has 3 heterocycles. The van der Waals surface area contributed by atoms with Gasteiger partial charge in [-0.1, -0.05) is 19.9 Å². The number of carbonyl (C=O) groups excluding carboxylic acids is 2. The molecule has 5 rings (SSSR count). The molecule has 2 aromatic carbocycles. The van der Waals surface area contributed by atoms with E-state index in [0.717, 1.165) is 69.7 Å². The quantitative estimate of drug-likeness (QED) is 0.198. The monoisotopic (exact) mass is 555 g/mol. The molecule has 9 heteroatoms. The summed E-state index contributed by atoms with van der Waals surface area (Å²) in [4.78, 5) is 36.4. The van der Waals surface area contributed by atoms with E-state index in [9.17, 15) is 14.7 Å². The van der Waals surface area contributed by atoms with Crippen molar-refractivity contribution in [3.8, 4) is 27.6 Å². The van der Waals surface area contributed by atoms with Gasteiger partial charge >= 0.3 is 0 Å². The van der Waals surface area contributed by atoms with Gasteiger partial charge in [0.25, 0.3) is 11.8 Å². The molecule has 0 radical (unpaired) electrons. The van der Waals surface area contributed by atoms with E-state index in [1.807, 2.05) is 55.6 Å². The van der Waals surface area contributed by atoms with E-state index in [1.165, 1.54) is 11.3 Å². The van der Waals surface area contributed by atoms with Crippen molar-refractivity contribution < 1.29 is 14.7 Å². The number of rotatable bonds is 9. The number of aryl methyl sites for hydroxylation is 1. The molecule has 0 fully saturated rings. The highest BCUT2D eigenvalue weighted by Gasteiger charge is 2.26. The third-order valence-electron chi connectivity index (χ3n) is 7.32. The maximum Gasteiger partial charge on any atom is 0.256 e. The van der Waals surface area contributed by atoms with Crippen LogP contribution in [0.2, 0.25) is 0 Å². The van der Waals surface area contributed by atoms with Crippen molar-refractivity contribution in [2.75, 3.05) is 31.5 Å². The first kappa shape index (κ1) is 27.4. The number of hydrogen-bond donors (Lipinski definition) is 4. The predicted octanol–water partition coefficient (Wildman–Crippen LogP) is 5.69. The first-order valence-electron chi connectivity index (χ1n) is 13.4. The number of aromatic nitrogens is 2. The third kappa shape index (κ3) is 5.43. The lowest BCUT2D eigenvalue weighted by Gasteiger charge is -2.18. The number of H-pyrrole nitrogens is 1. The predicted molar refractivity (Wildman–Crippen MR) is 162 cm³/mol. The Morgan fingerprint density at radius 3 is 2.55 bits per heavy atom. The lowest BCUT2D eigenvalue weighted by atomic mass is 10.0. The van der Waals surface area contributed by atoms with E-state index >= 15 is 0 Å². The van der Waals surface area contributed by atoms with E-state index in [4.69, 9.17) is 4.98 Å². The lowest BCUT2D eigenvalue weighted by Crippen LogP contribution is -2.35. The second-order valence-corrected chi connectivity index (χ2v) is 10.7. The molecular weight excluding hydrogens is 522 g/mol. The van der Waals surface area contributed by atoms with Crippen LogP contribution in [0.25, 0.3) is 33.5 Å². The summed E-state index contributed by atoms with van der Waals surface area (Å²) in [5.74, 6) is -0.0900. The summed E-state index contributed by atoms with van der Waals surface area (Å²) >= 11 is 1.52. The molecule has 1 aliphatic heterocycles. The number of nitrogens with zero attached hydrogens (tertiary/aromatic N) is 2. The van der Waals surface area contributed by atoms with Crippen molar-refractivity contribution in [2.45, 2.75) is 27.7 Å². The second-order valence-electron chi connectivity index (χ2n) is 9.80. The summed E-state index contributed by atoms with van der Waals surface area (Å²) in [6.07, 6.45) is 1.82. The fourth-order valence-corrected chi connectivity index (χ4v) is 5.83. The highest BCUT2D eigenvalue weighted by Crippen LogP contribution is 2.38. The van der Waals surface area contributed by atoms with Crippen LogP contribution in [0.5, 0.6) is 5.75 Å². The summed E-state index contributed by atoms with van der Waals surface area (Å²) in [6.45, 7) is 11.3. The Morgan fingerprint density at radius 2 is 1.82 bits per heavy atom. The van der Waals surface area contributed by atoms with Crippen LogP contribution in [-0.4, -0.2) is 58.0 Å². The molecule has 206 valence electrons. The van der Waals surface area contributed by atoms with Crippen molar-refractivity contribution in [1.29, 1.82) is 0 Å². The van der Waals surface area contributed by atoms with Crippen LogP contribution in [0.1, 0.15) is 46.7 Å². The normalized spacial score (nSPS) is 13.6. The lowest BCUT2D eigenvalue weighted by molar-refractivity contribution is -0.110. The van der Waals surface area contributed by atoms with Gasteiger partial charge in [0.1, 0.15) is 10.8 Å². The number of benzene rings is 2. The summed E-state index contributed by atoms with van der Waals surface area (Å²) in [7, 11) is 0. The Hall–Kier alpha value is -4.21. The maximum absolute atomic E-state index is 13.0. The van der Waals surface area contributed by atoms with E-state index in [2.05, 4.69) is 34.4 Å². The molecule has 4 N–H and O–H groups in total. The molecule has 0 saturated heterocycles. The fourth-order valence-electron chi connectivity index (χ4n) is 4.99. The van der Waals surface area contributed by atoms with Crippen molar-refractivity contribution in [1.82, 2.24) is 20.2 Å². The zero-order valence-electron chi connectivity index (χ0n) is 23.1. The zero-order chi connectivity index (χ0) is 28.4. The van der Waals surface area contributed by atoms with Crippen LogP contribution in [0.15, 0.2) is 47.8 Å². The van der Waals surface area contributed by atoms with Crippen molar-refractivity contribution in [2.24, 2.45) is 0 Å². The van der Waals surface area contributed by atoms with Crippen LogP contribution >= 0.6 is 11.3 Å². The number of thiazole rings is 1. The number of anilines is 1. The number of phenols is 1. The Morgan fingerprint density at radius 1 is 1.10 bits per heavy atom. The highest BCUT2D eigenvalue weighted by molar-refractivity contribution is 7.13. The molecule has 0 bridgehead atoms. The summed E-state index contributed by atoms with van der Waals surface area (Å²) in [5, 5.41) is 18.4. The number of carbonyl (C=O) groups is 2. The average molecular weight is 556 g/mol. The number of likely N-dealkylation sites (N-methyl/N-ethyl adjacent to an activating group) is 1. The molecule has 8 nitrogen and oxygen atoms in total. The number of hydrogen-bond acceptors (Lipinski definition) is 6. The van der Waals surface area contributed by atoms with Crippen LogP contribution in [0.4, 0.5) is 5.69 Å². The molecular formula is C31H33N5O3S. The Bertz CT molecular complexity index is 1600. The van der Waals surface area contributed by atoms with E-state index in [0.29, 0.717) is 17.7 Å². The smallest absolute Gasteiger partial charge is 0.256 e. The third-order valence-corrected chi connectivity index (χ3v) is 8.21. The number of phenolic OH excluding ortho intramolecular Hbond substituents is 1. The number of nitrogens with one attached hydrogen (secondary N) is 3. The molecule has 1 aliphatic rings. The van der Waals surface area contributed by atoms with Crippen molar-refractivity contribution in [3.05, 3.63) is 75.9 Å². The van der Waals surface area contributed by atoms with Crippen LogP contribution in [0, 0.1) is 13.8 Å². The van der Waals surface area contributed by atoms with Gasteiger partial charge in [0.05, 0.1) is 16.8 Å². The topological polar surface area (TPSA) is 110 Å². The average Bonchev–Trinajstić information content (AvgIpc) is 3.63. The Labute approximate surface area is 237 Å². The molecule has 40 heavy (non-hydrogen) atoms. The standard InChI is InChI=1S/C31H33N5O3S/c1-5-36(6-2)14-13-32-30(39)28-18(3)26(33-19(28)4)16-24-23-15-21(9-12-25(23)34-29(24)38)27-17-40-31(35-27)20-7-10-22(37)11-8-20/h7-12,15-17,33,37H,5-6,13-14H2,1-4H3,(H,32,39)(H,34,38)/b24-16-. The van der Waals surface area contributed by atoms with Gasteiger partial charge in [0, 0.05) is 52.2 Å². The van der Waals surface area contributed by atoms with E-state index in [-0.39, 0.29) is 17.6 Å². The van der Waals surface area contributed by atoms with Crippen molar-refractivity contribution >= 4 is 40.5 Å².